The quantitative estimate of drug-likeness (QED) is 0.801. The first-order chi connectivity index (χ1) is 8.35. The monoisotopic (exact) mass is 288 g/mol. The average Bonchev–Trinajstić information content (AvgIpc) is 2.38. The summed E-state index contributed by atoms with van der Waals surface area (Å²) in [5.74, 6) is -0.276. The van der Waals surface area contributed by atoms with Crippen molar-refractivity contribution in [1.29, 1.82) is 0 Å². The number of hydrogen-bond acceptors (Lipinski definition) is 3. The van der Waals surface area contributed by atoms with Crippen LogP contribution in [-0.4, -0.2) is 27.2 Å². The van der Waals surface area contributed by atoms with E-state index in [2.05, 4.69) is 9.35 Å². The van der Waals surface area contributed by atoms with E-state index in [1.54, 1.807) is 25.1 Å². The third-order valence-corrected chi connectivity index (χ3v) is 5.00. The van der Waals surface area contributed by atoms with E-state index in [-0.39, 0.29) is 5.88 Å². The molecule has 0 aromatic carbocycles. The van der Waals surface area contributed by atoms with E-state index in [9.17, 15) is 9.00 Å². The molecule has 0 aliphatic carbocycles. The summed E-state index contributed by atoms with van der Waals surface area (Å²) >= 11 is 5.79. The van der Waals surface area contributed by atoms with Crippen molar-refractivity contribution in [3.63, 3.8) is 0 Å². The van der Waals surface area contributed by atoms with Crippen LogP contribution in [0.2, 0.25) is 0 Å². The molecule has 0 saturated heterocycles. The Balaban J connectivity index is 3.18. The topological polar surface area (TPSA) is 59.4 Å². The van der Waals surface area contributed by atoms with Gasteiger partial charge in [0.15, 0.2) is 0 Å². The van der Waals surface area contributed by atoms with Crippen molar-refractivity contribution in [2.75, 3.05) is 12.1 Å². The van der Waals surface area contributed by atoms with E-state index in [4.69, 9.17) is 11.6 Å². The lowest BCUT2D eigenvalue weighted by atomic mass is 9.89. The second kappa shape index (κ2) is 5.80. The van der Waals surface area contributed by atoms with E-state index in [0.717, 1.165) is 0 Å². The molecule has 0 bridgehead atoms. The van der Waals surface area contributed by atoms with Gasteiger partial charge in [0.05, 0.1) is 15.1 Å². The van der Waals surface area contributed by atoms with Gasteiger partial charge in [0, 0.05) is 18.3 Å². The Morgan fingerprint density at radius 1 is 1.56 bits per heavy atom. The molecule has 2 unspecified atom stereocenters. The maximum Gasteiger partial charge on any atom is 0.261 e. The molecule has 1 amide bonds. The highest BCUT2D eigenvalue weighted by molar-refractivity contribution is 7.93. The number of carbonyl (C=O) groups is 1. The highest BCUT2D eigenvalue weighted by Gasteiger charge is 2.31. The van der Waals surface area contributed by atoms with Gasteiger partial charge in [-0.2, -0.15) is 4.36 Å². The van der Waals surface area contributed by atoms with E-state index >= 15 is 0 Å². The predicted molar refractivity (Wildman–Crippen MR) is 73.1 cm³/mol. The summed E-state index contributed by atoms with van der Waals surface area (Å²) in [6.45, 7) is 3.58. The Morgan fingerprint density at radius 2 is 2.22 bits per heavy atom. The van der Waals surface area contributed by atoms with E-state index in [0.29, 0.717) is 11.4 Å². The Morgan fingerprint density at radius 3 is 2.67 bits per heavy atom. The average molecular weight is 289 g/mol. The van der Waals surface area contributed by atoms with Crippen LogP contribution in [0, 0.1) is 5.41 Å². The first-order valence-electron chi connectivity index (χ1n) is 5.59. The Labute approximate surface area is 113 Å². The fourth-order valence-electron chi connectivity index (χ4n) is 1.19. The number of amides is 1. The summed E-state index contributed by atoms with van der Waals surface area (Å²) in [7, 11) is -2.81. The molecule has 0 aliphatic rings. The van der Waals surface area contributed by atoms with Gasteiger partial charge >= 0.3 is 0 Å². The Hall–Kier alpha value is -0.940. The highest BCUT2D eigenvalue weighted by Crippen LogP contribution is 2.26. The molecule has 1 aromatic rings. The highest BCUT2D eigenvalue weighted by atomic mass is 35.5. The molecular weight excluding hydrogens is 272 g/mol. The lowest BCUT2D eigenvalue weighted by Crippen LogP contribution is -2.28. The predicted octanol–water partition coefficient (Wildman–Crippen LogP) is 2.72. The van der Waals surface area contributed by atoms with Crippen molar-refractivity contribution >= 4 is 27.2 Å². The summed E-state index contributed by atoms with van der Waals surface area (Å²) in [6, 6.07) is 5.03. The molecular formula is C12H17ClN2O2S. The zero-order chi connectivity index (χ0) is 13.8. The molecule has 1 aromatic heterocycles. The molecule has 0 fully saturated rings. The van der Waals surface area contributed by atoms with Gasteiger partial charge in [-0.25, -0.2) is 9.19 Å². The standard InChI is InChI=1S/C12H17ClN2O2S/c1-4-12(2,9-13)11(16)15-18(3,17)10-7-5-6-8-14-10/h5-8H,4,9H2,1-3H3. The molecule has 0 N–H and O–H groups in total. The number of pyridine rings is 1. The number of hydrogen-bond donors (Lipinski definition) is 0. The van der Waals surface area contributed by atoms with Crippen molar-refractivity contribution in [1.82, 2.24) is 4.98 Å². The number of aromatic nitrogens is 1. The van der Waals surface area contributed by atoms with Crippen molar-refractivity contribution < 1.29 is 9.00 Å². The fourth-order valence-corrected chi connectivity index (χ4v) is 2.71. The largest absolute Gasteiger partial charge is 0.271 e. The second-order valence-corrected chi connectivity index (χ2v) is 6.89. The minimum absolute atomic E-state index is 0.156. The third-order valence-electron chi connectivity index (χ3n) is 2.87. The molecule has 4 nitrogen and oxygen atoms in total. The molecule has 0 saturated carbocycles. The molecule has 6 heteroatoms. The van der Waals surface area contributed by atoms with Gasteiger partial charge in [-0.15, -0.1) is 11.6 Å². The lowest BCUT2D eigenvalue weighted by Gasteiger charge is -2.20. The van der Waals surface area contributed by atoms with Crippen molar-refractivity contribution in [3.8, 4) is 0 Å². The summed E-state index contributed by atoms with van der Waals surface area (Å²) in [5.41, 5.74) is -0.769. The van der Waals surface area contributed by atoms with Crippen LogP contribution in [0.25, 0.3) is 0 Å². The van der Waals surface area contributed by atoms with Gasteiger partial charge in [0.25, 0.3) is 5.91 Å². The first-order valence-corrected chi connectivity index (χ1v) is 8.05. The number of carbonyl (C=O) groups excluding carboxylic acids is 1. The van der Waals surface area contributed by atoms with Crippen LogP contribution in [0.3, 0.4) is 0 Å². The number of halogens is 1. The van der Waals surface area contributed by atoms with Crippen LogP contribution < -0.4 is 0 Å². The normalized spacial score (nSPS) is 17.6. The molecule has 0 radical (unpaired) electrons. The fraction of sp³-hybridized carbons (Fsp3) is 0.500. The van der Waals surface area contributed by atoms with E-state index in [1.165, 1.54) is 12.5 Å². The number of alkyl halides is 1. The van der Waals surface area contributed by atoms with Crippen molar-refractivity contribution in [2.24, 2.45) is 9.78 Å². The van der Waals surface area contributed by atoms with Gasteiger partial charge < -0.3 is 0 Å². The van der Waals surface area contributed by atoms with Gasteiger partial charge in [0.2, 0.25) is 0 Å². The molecule has 1 heterocycles. The van der Waals surface area contributed by atoms with Gasteiger partial charge in [-0.1, -0.05) is 13.0 Å². The second-order valence-electron chi connectivity index (χ2n) is 4.41. The maximum atomic E-state index is 12.4. The molecule has 1 rings (SSSR count). The van der Waals surface area contributed by atoms with E-state index in [1.807, 2.05) is 6.92 Å². The molecule has 0 aliphatic heterocycles. The Bertz CT molecular complexity index is 532. The lowest BCUT2D eigenvalue weighted by molar-refractivity contribution is -0.125. The van der Waals surface area contributed by atoms with Gasteiger partial charge in [-0.3, -0.25) is 4.79 Å². The smallest absolute Gasteiger partial charge is 0.261 e. The Kier molecular flexibility index (Phi) is 4.87. The summed E-state index contributed by atoms with van der Waals surface area (Å²) in [6.07, 6.45) is 3.49. The van der Waals surface area contributed by atoms with Gasteiger partial charge in [-0.05, 0) is 25.5 Å². The summed E-state index contributed by atoms with van der Waals surface area (Å²) in [5, 5.41) is 0.311. The number of nitrogens with zero attached hydrogens (tertiary/aromatic N) is 2. The minimum atomic E-state index is -2.81. The number of rotatable bonds is 4. The molecule has 2 atom stereocenters. The van der Waals surface area contributed by atoms with Crippen LogP contribution in [-0.2, 0) is 14.5 Å². The van der Waals surface area contributed by atoms with Gasteiger partial charge in [0.1, 0.15) is 5.03 Å². The summed E-state index contributed by atoms with van der Waals surface area (Å²) in [4.78, 5) is 16.0. The van der Waals surface area contributed by atoms with Crippen LogP contribution >= 0.6 is 11.6 Å². The third kappa shape index (κ3) is 3.29. The van der Waals surface area contributed by atoms with Crippen molar-refractivity contribution in [2.45, 2.75) is 25.3 Å². The zero-order valence-electron chi connectivity index (χ0n) is 10.7. The minimum Gasteiger partial charge on any atom is -0.271 e. The van der Waals surface area contributed by atoms with Crippen LogP contribution in [0.5, 0.6) is 0 Å². The maximum absolute atomic E-state index is 12.4. The molecule has 100 valence electrons. The SMILES string of the molecule is CCC(C)(CCl)C(=O)N=S(C)(=O)c1ccccn1. The van der Waals surface area contributed by atoms with Crippen LogP contribution in [0.15, 0.2) is 33.8 Å². The van der Waals surface area contributed by atoms with Crippen molar-refractivity contribution in [3.05, 3.63) is 24.4 Å². The van der Waals surface area contributed by atoms with E-state index < -0.39 is 21.1 Å². The molecule has 0 spiro atoms. The summed E-state index contributed by atoms with van der Waals surface area (Å²) < 4.78 is 16.2. The zero-order valence-corrected chi connectivity index (χ0v) is 12.3. The van der Waals surface area contributed by atoms with Crippen LogP contribution in [0.4, 0.5) is 0 Å². The van der Waals surface area contributed by atoms with Crippen LogP contribution in [0.1, 0.15) is 20.3 Å². The first kappa shape index (κ1) is 15.1. The molecule has 18 heavy (non-hydrogen) atoms.